The molecule has 6 nitrogen and oxygen atoms in total. The third kappa shape index (κ3) is 4.76. The molecule has 1 N–H and O–H groups in total. The lowest BCUT2D eigenvalue weighted by Crippen LogP contribution is -2.43. The molecule has 4 atom stereocenters. The summed E-state index contributed by atoms with van der Waals surface area (Å²) in [6.45, 7) is 2.07. The molecule has 8 heteroatoms. The minimum absolute atomic E-state index is 0.105. The van der Waals surface area contributed by atoms with Gasteiger partial charge in [0.05, 0.1) is 22.3 Å². The molecule has 0 spiro atoms. The van der Waals surface area contributed by atoms with Crippen molar-refractivity contribution in [2.75, 3.05) is 7.05 Å². The van der Waals surface area contributed by atoms with Crippen LogP contribution in [0, 0.1) is 0 Å². The molecule has 34 heavy (non-hydrogen) atoms. The Morgan fingerprint density at radius 2 is 2.00 bits per heavy atom. The Kier molecular flexibility index (Phi) is 6.98. The number of nitrogens with zero attached hydrogens (tertiary/aromatic N) is 3. The topological polar surface area (TPSA) is 67.6 Å². The molecule has 2 fully saturated rings. The standard InChI is InChI=1S/C26H32ClN3O3S/c1-3-4-19(31)8-9-21-14-23-25(34-21)26(32)30(15-28-23)18-7-10-24(22(27)13-18)33-20-11-16-5-6-17(12-20)29(16)2/h7,10,13-17,19-20,31H,3-6,8-9,11-12H2,1-2H3/t16-,17+,19?,20+. The Morgan fingerprint density at radius 3 is 2.71 bits per heavy atom. The number of aliphatic hydroxyl groups excluding tert-OH is 1. The molecule has 2 bridgehead atoms. The van der Waals surface area contributed by atoms with Crippen LogP contribution in [0.1, 0.15) is 56.7 Å². The number of ether oxygens (including phenoxy) is 1. The molecule has 1 unspecified atom stereocenters. The van der Waals surface area contributed by atoms with Crippen LogP contribution in [0.2, 0.25) is 5.02 Å². The summed E-state index contributed by atoms with van der Waals surface area (Å²) >= 11 is 8.06. The molecule has 1 aromatic carbocycles. The van der Waals surface area contributed by atoms with Gasteiger partial charge >= 0.3 is 0 Å². The molecule has 2 aliphatic heterocycles. The van der Waals surface area contributed by atoms with Crippen LogP contribution in [-0.2, 0) is 6.42 Å². The van der Waals surface area contributed by atoms with E-state index in [9.17, 15) is 9.90 Å². The SMILES string of the molecule is CCCC(O)CCc1cc2ncn(-c3ccc(O[C@H]4C[C@H]5CC[C@@H](C4)N5C)c(Cl)c3)c(=O)c2s1. The van der Waals surface area contributed by atoms with Gasteiger partial charge in [-0.2, -0.15) is 0 Å². The van der Waals surface area contributed by atoms with E-state index in [1.54, 1.807) is 17.0 Å². The largest absolute Gasteiger partial charge is 0.489 e. The molecule has 182 valence electrons. The summed E-state index contributed by atoms with van der Waals surface area (Å²) in [6, 6.07) is 8.68. The predicted octanol–water partition coefficient (Wildman–Crippen LogP) is 5.20. The van der Waals surface area contributed by atoms with Gasteiger partial charge < -0.3 is 14.7 Å². The minimum Gasteiger partial charge on any atom is -0.489 e. The van der Waals surface area contributed by atoms with Crippen molar-refractivity contribution >= 4 is 33.2 Å². The molecule has 4 heterocycles. The molecule has 0 aliphatic carbocycles. The van der Waals surface area contributed by atoms with Crippen molar-refractivity contribution in [2.45, 2.75) is 82.6 Å². The fraction of sp³-hybridized carbons (Fsp3) is 0.538. The first kappa shape index (κ1) is 23.8. The maximum absolute atomic E-state index is 13.2. The van der Waals surface area contributed by atoms with Gasteiger partial charge in [-0.1, -0.05) is 24.9 Å². The number of thiophene rings is 1. The van der Waals surface area contributed by atoms with Crippen molar-refractivity contribution in [1.29, 1.82) is 0 Å². The van der Waals surface area contributed by atoms with Crippen LogP contribution in [0.3, 0.4) is 0 Å². The van der Waals surface area contributed by atoms with E-state index in [-0.39, 0.29) is 17.8 Å². The van der Waals surface area contributed by atoms with Gasteiger partial charge in [-0.05, 0) is 76.3 Å². The zero-order chi connectivity index (χ0) is 23.8. The summed E-state index contributed by atoms with van der Waals surface area (Å²) in [5, 5.41) is 10.5. The summed E-state index contributed by atoms with van der Waals surface area (Å²) in [5.41, 5.74) is 1.27. The number of hydrogen-bond acceptors (Lipinski definition) is 6. The van der Waals surface area contributed by atoms with Crippen molar-refractivity contribution in [2.24, 2.45) is 0 Å². The highest BCUT2D eigenvalue weighted by molar-refractivity contribution is 7.18. The van der Waals surface area contributed by atoms with Gasteiger partial charge in [-0.25, -0.2) is 4.98 Å². The second kappa shape index (κ2) is 9.97. The van der Waals surface area contributed by atoms with Crippen LogP contribution in [0.5, 0.6) is 5.75 Å². The van der Waals surface area contributed by atoms with Gasteiger partial charge in [0, 0.05) is 17.0 Å². The molecule has 2 aliphatic rings. The molecule has 3 aromatic rings. The van der Waals surface area contributed by atoms with Crippen molar-refractivity contribution in [3.05, 3.63) is 50.8 Å². The average molecular weight is 502 g/mol. The van der Waals surface area contributed by atoms with Gasteiger partial charge in [-0.3, -0.25) is 9.36 Å². The average Bonchev–Trinajstić information content (AvgIpc) is 3.31. The number of piperidine rings is 1. The van der Waals surface area contributed by atoms with Gasteiger partial charge in [0.2, 0.25) is 0 Å². The number of benzene rings is 1. The van der Waals surface area contributed by atoms with E-state index in [0.717, 1.165) is 37.0 Å². The maximum Gasteiger partial charge on any atom is 0.275 e. The fourth-order valence-electron chi connectivity index (χ4n) is 5.43. The normalized spacial score (nSPS) is 23.5. The highest BCUT2D eigenvalue weighted by atomic mass is 35.5. The summed E-state index contributed by atoms with van der Waals surface area (Å²) in [4.78, 5) is 21.3. The fourth-order valence-corrected chi connectivity index (χ4v) is 6.70. The Hall–Kier alpha value is -1.93. The number of aryl methyl sites for hydroxylation is 1. The first-order chi connectivity index (χ1) is 16.4. The molecule has 0 radical (unpaired) electrons. The van der Waals surface area contributed by atoms with Gasteiger partial charge in [-0.15, -0.1) is 11.3 Å². The first-order valence-electron chi connectivity index (χ1n) is 12.3. The summed E-state index contributed by atoms with van der Waals surface area (Å²) in [5.74, 6) is 0.672. The predicted molar refractivity (Wildman–Crippen MR) is 138 cm³/mol. The van der Waals surface area contributed by atoms with Crippen molar-refractivity contribution in [1.82, 2.24) is 14.5 Å². The summed E-state index contributed by atoms with van der Waals surface area (Å²) in [7, 11) is 2.22. The number of halogens is 1. The number of aromatic nitrogens is 2. The molecule has 2 saturated heterocycles. The quantitative estimate of drug-likeness (QED) is 0.459. The van der Waals surface area contributed by atoms with E-state index in [1.165, 1.54) is 24.2 Å². The molecular weight excluding hydrogens is 470 g/mol. The van der Waals surface area contributed by atoms with E-state index >= 15 is 0 Å². The minimum atomic E-state index is -0.299. The van der Waals surface area contributed by atoms with Crippen molar-refractivity contribution < 1.29 is 9.84 Å². The second-order valence-corrected chi connectivity index (χ2v) is 11.2. The highest BCUT2D eigenvalue weighted by Crippen LogP contribution is 2.37. The summed E-state index contributed by atoms with van der Waals surface area (Å²) < 4.78 is 8.46. The van der Waals surface area contributed by atoms with Crippen LogP contribution in [-0.4, -0.2) is 50.9 Å². The number of fused-ring (bicyclic) bond motifs is 3. The van der Waals surface area contributed by atoms with Gasteiger partial charge in [0.25, 0.3) is 5.56 Å². The molecule has 0 amide bonds. The third-order valence-corrected chi connectivity index (χ3v) is 8.84. The van der Waals surface area contributed by atoms with Crippen LogP contribution in [0.25, 0.3) is 15.9 Å². The van der Waals surface area contributed by atoms with E-state index in [4.69, 9.17) is 16.3 Å². The van der Waals surface area contributed by atoms with E-state index in [0.29, 0.717) is 45.2 Å². The van der Waals surface area contributed by atoms with Crippen LogP contribution in [0.15, 0.2) is 35.4 Å². The Bertz CT molecular complexity index is 1210. The molecule has 5 rings (SSSR count). The zero-order valence-electron chi connectivity index (χ0n) is 19.7. The van der Waals surface area contributed by atoms with E-state index < -0.39 is 0 Å². The molecule has 0 saturated carbocycles. The Labute approximate surface area is 209 Å². The lowest BCUT2D eigenvalue weighted by molar-refractivity contribution is 0.0662. The maximum atomic E-state index is 13.2. The molecular formula is C26H32ClN3O3S. The van der Waals surface area contributed by atoms with Crippen LogP contribution >= 0.6 is 22.9 Å². The van der Waals surface area contributed by atoms with Gasteiger partial charge in [0.1, 0.15) is 22.9 Å². The highest BCUT2D eigenvalue weighted by Gasteiger charge is 2.39. The monoisotopic (exact) mass is 501 g/mol. The first-order valence-corrected chi connectivity index (χ1v) is 13.5. The zero-order valence-corrected chi connectivity index (χ0v) is 21.3. The smallest absolute Gasteiger partial charge is 0.275 e. The van der Waals surface area contributed by atoms with Crippen molar-refractivity contribution in [3.8, 4) is 11.4 Å². The third-order valence-electron chi connectivity index (χ3n) is 7.38. The second-order valence-electron chi connectivity index (χ2n) is 9.70. The van der Waals surface area contributed by atoms with E-state index in [1.807, 2.05) is 18.2 Å². The lowest BCUT2D eigenvalue weighted by Gasteiger charge is -2.36. The lowest BCUT2D eigenvalue weighted by atomic mass is 10.0. The van der Waals surface area contributed by atoms with Crippen LogP contribution in [0.4, 0.5) is 0 Å². The van der Waals surface area contributed by atoms with Crippen molar-refractivity contribution in [3.63, 3.8) is 0 Å². The van der Waals surface area contributed by atoms with E-state index in [2.05, 4.69) is 23.9 Å². The Balaban J connectivity index is 1.32. The Morgan fingerprint density at radius 1 is 1.24 bits per heavy atom. The summed E-state index contributed by atoms with van der Waals surface area (Å²) in [6.07, 6.45) is 9.21. The number of hydrogen-bond donors (Lipinski definition) is 1. The van der Waals surface area contributed by atoms with Gasteiger partial charge in [0.15, 0.2) is 0 Å². The van der Waals surface area contributed by atoms with Crippen LogP contribution < -0.4 is 10.3 Å². The number of aliphatic hydroxyl groups is 1. The number of rotatable bonds is 8. The molecule has 2 aromatic heterocycles.